The average molecular weight is 340 g/mol. The van der Waals surface area contributed by atoms with Gasteiger partial charge >= 0.3 is 5.97 Å². The zero-order valence-corrected chi connectivity index (χ0v) is 15.0. The molecule has 6 nitrogen and oxygen atoms in total. The molecule has 6 heteroatoms. The molecule has 0 unspecified atom stereocenters. The van der Waals surface area contributed by atoms with Crippen LogP contribution in [-0.4, -0.2) is 36.1 Å². The van der Waals surface area contributed by atoms with Gasteiger partial charge in [0.15, 0.2) is 0 Å². The molecular formula is C19H24N4O2. The van der Waals surface area contributed by atoms with Crippen molar-refractivity contribution in [1.29, 1.82) is 0 Å². The van der Waals surface area contributed by atoms with Gasteiger partial charge in [-0.2, -0.15) is 0 Å². The molecule has 0 bridgehead atoms. The first-order chi connectivity index (χ1) is 12.0. The van der Waals surface area contributed by atoms with Crippen molar-refractivity contribution in [1.82, 2.24) is 9.97 Å². The van der Waals surface area contributed by atoms with E-state index in [4.69, 9.17) is 4.74 Å². The molecule has 1 aliphatic rings. The maximum Gasteiger partial charge on any atom is 0.337 e. The van der Waals surface area contributed by atoms with Gasteiger partial charge < -0.3 is 15.0 Å². The highest BCUT2D eigenvalue weighted by Gasteiger charge is 2.18. The Morgan fingerprint density at radius 2 is 1.88 bits per heavy atom. The Morgan fingerprint density at radius 3 is 2.52 bits per heavy atom. The van der Waals surface area contributed by atoms with Crippen molar-refractivity contribution < 1.29 is 9.53 Å². The van der Waals surface area contributed by atoms with Crippen LogP contribution in [0, 0.1) is 12.8 Å². The van der Waals surface area contributed by atoms with Gasteiger partial charge in [-0.15, -0.1) is 0 Å². The Bertz CT molecular complexity index is 738. The number of carbonyl (C=O) groups is 1. The molecule has 2 aromatic rings. The Labute approximate surface area is 148 Å². The molecular weight excluding hydrogens is 316 g/mol. The van der Waals surface area contributed by atoms with Crippen LogP contribution in [-0.2, 0) is 4.74 Å². The van der Waals surface area contributed by atoms with E-state index < -0.39 is 0 Å². The lowest BCUT2D eigenvalue weighted by Gasteiger charge is -2.31. The molecule has 1 fully saturated rings. The number of esters is 1. The Morgan fingerprint density at radius 1 is 1.20 bits per heavy atom. The van der Waals surface area contributed by atoms with E-state index in [-0.39, 0.29) is 5.97 Å². The van der Waals surface area contributed by atoms with E-state index in [1.807, 2.05) is 25.1 Å². The highest BCUT2D eigenvalue weighted by molar-refractivity contribution is 5.89. The molecule has 1 N–H and O–H groups in total. The fraction of sp³-hybridized carbons (Fsp3) is 0.421. The zero-order valence-electron chi connectivity index (χ0n) is 15.0. The second-order valence-corrected chi connectivity index (χ2v) is 6.52. The number of rotatable bonds is 4. The Balaban J connectivity index is 1.75. The minimum absolute atomic E-state index is 0.342. The average Bonchev–Trinajstić information content (AvgIpc) is 2.62. The van der Waals surface area contributed by atoms with Crippen molar-refractivity contribution in [2.24, 2.45) is 5.92 Å². The van der Waals surface area contributed by atoms with Crippen LogP contribution in [0.15, 0.2) is 30.3 Å². The summed E-state index contributed by atoms with van der Waals surface area (Å²) in [7, 11) is 1.38. The topological polar surface area (TPSA) is 67.3 Å². The minimum atomic E-state index is -0.342. The van der Waals surface area contributed by atoms with E-state index in [1.54, 1.807) is 12.1 Å². The summed E-state index contributed by atoms with van der Waals surface area (Å²) in [5.41, 5.74) is 1.39. The third kappa shape index (κ3) is 4.26. The zero-order chi connectivity index (χ0) is 17.8. The third-order valence-corrected chi connectivity index (χ3v) is 4.51. The number of ether oxygens (including phenoxy) is 1. The van der Waals surface area contributed by atoms with E-state index in [0.29, 0.717) is 5.56 Å². The molecule has 132 valence electrons. The quantitative estimate of drug-likeness (QED) is 0.859. The van der Waals surface area contributed by atoms with Crippen molar-refractivity contribution in [3.63, 3.8) is 0 Å². The van der Waals surface area contributed by atoms with E-state index in [1.165, 1.54) is 20.0 Å². The number of carbonyl (C=O) groups excluding carboxylic acids is 1. The highest BCUT2D eigenvalue weighted by atomic mass is 16.5. The van der Waals surface area contributed by atoms with Crippen LogP contribution in [0.4, 0.5) is 17.3 Å². The molecule has 0 spiro atoms. The number of piperidine rings is 1. The predicted octanol–water partition coefficient (Wildman–Crippen LogP) is 3.55. The van der Waals surface area contributed by atoms with Crippen LogP contribution in [0.25, 0.3) is 0 Å². The predicted molar refractivity (Wildman–Crippen MR) is 98.4 cm³/mol. The second-order valence-electron chi connectivity index (χ2n) is 6.52. The van der Waals surface area contributed by atoms with Crippen LogP contribution >= 0.6 is 0 Å². The van der Waals surface area contributed by atoms with Crippen LogP contribution in [0.2, 0.25) is 0 Å². The first kappa shape index (κ1) is 17.2. The number of hydrogen-bond donors (Lipinski definition) is 1. The molecule has 0 radical (unpaired) electrons. The summed E-state index contributed by atoms with van der Waals surface area (Å²) in [6.45, 7) is 6.27. The second kappa shape index (κ2) is 7.51. The van der Waals surface area contributed by atoms with Gasteiger partial charge in [0.25, 0.3) is 0 Å². The van der Waals surface area contributed by atoms with Crippen molar-refractivity contribution >= 4 is 23.3 Å². The normalized spacial score (nSPS) is 15.1. The largest absolute Gasteiger partial charge is 0.465 e. The first-order valence-corrected chi connectivity index (χ1v) is 8.61. The number of aromatic nitrogens is 2. The van der Waals surface area contributed by atoms with E-state index in [2.05, 4.69) is 27.1 Å². The minimum Gasteiger partial charge on any atom is -0.465 e. The molecule has 3 rings (SSSR count). The summed E-state index contributed by atoms with van der Waals surface area (Å²) in [6, 6.07) is 9.12. The van der Waals surface area contributed by atoms with Gasteiger partial charge in [0, 0.05) is 24.8 Å². The molecule has 0 saturated carbocycles. The van der Waals surface area contributed by atoms with E-state index >= 15 is 0 Å². The number of methoxy groups -OCH3 is 1. The van der Waals surface area contributed by atoms with Gasteiger partial charge in [0.05, 0.1) is 12.7 Å². The van der Waals surface area contributed by atoms with Gasteiger partial charge in [0.2, 0.25) is 0 Å². The molecule has 0 amide bonds. The molecule has 1 aromatic carbocycles. The van der Waals surface area contributed by atoms with Gasteiger partial charge in [-0.3, -0.25) is 0 Å². The van der Waals surface area contributed by atoms with Crippen LogP contribution in [0.1, 0.15) is 35.9 Å². The van der Waals surface area contributed by atoms with E-state index in [0.717, 1.165) is 42.2 Å². The van der Waals surface area contributed by atoms with Crippen molar-refractivity contribution in [2.45, 2.75) is 26.7 Å². The lowest BCUT2D eigenvalue weighted by Crippen LogP contribution is -2.33. The summed E-state index contributed by atoms with van der Waals surface area (Å²) in [5, 5.41) is 3.29. The SMILES string of the molecule is COC(=O)c1ccc(Nc2cc(N3CCC(C)CC3)nc(C)n2)cc1. The van der Waals surface area contributed by atoms with Crippen LogP contribution in [0.3, 0.4) is 0 Å². The number of nitrogens with one attached hydrogen (secondary N) is 1. The summed E-state index contributed by atoms with van der Waals surface area (Å²) < 4.78 is 4.72. The van der Waals surface area contributed by atoms with Gasteiger partial charge in [-0.05, 0) is 49.9 Å². The standard InChI is InChI=1S/C19H24N4O2/c1-13-8-10-23(11-9-13)18-12-17(20-14(2)21-18)22-16-6-4-15(5-7-16)19(24)25-3/h4-7,12-13H,8-11H2,1-3H3,(H,20,21,22). The Hall–Kier alpha value is -2.63. The molecule has 1 aliphatic heterocycles. The monoisotopic (exact) mass is 340 g/mol. The van der Waals surface area contributed by atoms with Gasteiger partial charge in [0.1, 0.15) is 17.5 Å². The molecule has 25 heavy (non-hydrogen) atoms. The van der Waals surface area contributed by atoms with Gasteiger partial charge in [-0.25, -0.2) is 14.8 Å². The fourth-order valence-electron chi connectivity index (χ4n) is 2.97. The van der Waals surface area contributed by atoms with Gasteiger partial charge in [-0.1, -0.05) is 6.92 Å². The highest BCUT2D eigenvalue weighted by Crippen LogP contribution is 2.24. The summed E-state index contributed by atoms with van der Waals surface area (Å²) in [6.07, 6.45) is 2.39. The van der Waals surface area contributed by atoms with Crippen molar-refractivity contribution in [2.75, 3.05) is 30.4 Å². The smallest absolute Gasteiger partial charge is 0.337 e. The molecule has 2 heterocycles. The van der Waals surface area contributed by atoms with Crippen LogP contribution < -0.4 is 10.2 Å². The lowest BCUT2D eigenvalue weighted by atomic mass is 9.99. The third-order valence-electron chi connectivity index (χ3n) is 4.51. The van der Waals surface area contributed by atoms with Crippen molar-refractivity contribution in [3.05, 3.63) is 41.7 Å². The number of benzene rings is 1. The molecule has 0 atom stereocenters. The maximum absolute atomic E-state index is 11.5. The number of aryl methyl sites for hydroxylation is 1. The summed E-state index contributed by atoms with van der Waals surface area (Å²) in [5.74, 6) is 2.90. The summed E-state index contributed by atoms with van der Waals surface area (Å²) in [4.78, 5) is 22.9. The molecule has 0 aliphatic carbocycles. The molecule has 1 aromatic heterocycles. The summed E-state index contributed by atoms with van der Waals surface area (Å²) >= 11 is 0. The first-order valence-electron chi connectivity index (χ1n) is 8.61. The van der Waals surface area contributed by atoms with E-state index in [9.17, 15) is 4.79 Å². The number of nitrogens with zero attached hydrogens (tertiary/aromatic N) is 3. The molecule has 1 saturated heterocycles. The van der Waals surface area contributed by atoms with Crippen molar-refractivity contribution in [3.8, 4) is 0 Å². The lowest BCUT2D eigenvalue weighted by molar-refractivity contribution is 0.0601. The number of anilines is 3. The number of hydrogen-bond acceptors (Lipinski definition) is 6. The maximum atomic E-state index is 11.5. The van der Waals surface area contributed by atoms with Crippen LogP contribution in [0.5, 0.6) is 0 Å². The Kier molecular flexibility index (Phi) is 5.16. The fourth-order valence-corrected chi connectivity index (χ4v) is 2.97.